The Morgan fingerprint density at radius 1 is 1.03 bits per heavy atom. The third-order valence-corrected chi connectivity index (χ3v) is 7.70. The van der Waals surface area contributed by atoms with Gasteiger partial charge < -0.3 is 9.80 Å². The van der Waals surface area contributed by atoms with Crippen molar-refractivity contribution >= 4 is 15.9 Å². The number of nitrogens with one attached hydrogen (secondary N) is 1. The Labute approximate surface area is 180 Å². The minimum atomic E-state index is -3.70. The SMILES string of the molecule is Cc1cccc(C[NH+]2CCN(C(=O)CN(C)S(=O)(=O)c3ccc(C)cc3C)CC2)c1. The van der Waals surface area contributed by atoms with Crippen LogP contribution in [0.15, 0.2) is 47.4 Å². The van der Waals surface area contributed by atoms with E-state index in [0.29, 0.717) is 18.7 Å². The van der Waals surface area contributed by atoms with Gasteiger partial charge in [0.1, 0.15) is 6.54 Å². The topological polar surface area (TPSA) is 62.1 Å². The van der Waals surface area contributed by atoms with Crippen LogP contribution in [0, 0.1) is 20.8 Å². The van der Waals surface area contributed by atoms with Crippen molar-refractivity contribution in [2.75, 3.05) is 39.8 Å². The van der Waals surface area contributed by atoms with Gasteiger partial charge in [-0.2, -0.15) is 4.31 Å². The summed E-state index contributed by atoms with van der Waals surface area (Å²) >= 11 is 0. The summed E-state index contributed by atoms with van der Waals surface area (Å²) in [6, 6.07) is 13.8. The molecule has 1 aliphatic rings. The summed E-state index contributed by atoms with van der Waals surface area (Å²) in [5.74, 6) is -0.138. The van der Waals surface area contributed by atoms with Crippen molar-refractivity contribution in [3.63, 3.8) is 0 Å². The predicted molar refractivity (Wildman–Crippen MR) is 118 cm³/mol. The molecule has 0 atom stereocenters. The molecule has 2 aromatic rings. The van der Waals surface area contributed by atoms with Crippen molar-refractivity contribution in [1.82, 2.24) is 9.21 Å². The number of piperazine rings is 1. The number of nitrogens with zero attached hydrogens (tertiary/aromatic N) is 2. The summed E-state index contributed by atoms with van der Waals surface area (Å²) in [6.07, 6.45) is 0. The maximum atomic E-state index is 12.9. The number of benzene rings is 2. The summed E-state index contributed by atoms with van der Waals surface area (Å²) < 4.78 is 27.0. The number of hydrogen-bond donors (Lipinski definition) is 1. The number of likely N-dealkylation sites (N-methyl/N-ethyl adjacent to an activating group) is 1. The van der Waals surface area contributed by atoms with Gasteiger partial charge in [0.2, 0.25) is 15.9 Å². The number of hydrogen-bond acceptors (Lipinski definition) is 3. The van der Waals surface area contributed by atoms with Crippen LogP contribution in [-0.2, 0) is 21.4 Å². The Bertz CT molecular complexity index is 1010. The number of carbonyl (C=O) groups excluding carboxylic acids is 1. The maximum absolute atomic E-state index is 12.9. The van der Waals surface area contributed by atoms with Gasteiger partial charge in [0.25, 0.3) is 0 Å². The van der Waals surface area contributed by atoms with E-state index in [1.54, 1.807) is 24.0 Å². The van der Waals surface area contributed by atoms with Gasteiger partial charge in [0.05, 0.1) is 37.6 Å². The zero-order valence-corrected chi connectivity index (χ0v) is 19.1. The first-order valence-corrected chi connectivity index (χ1v) is 11.8. The summed E-state index contributed by atoms with van der Waals surface area (Å²) in [7, 11) is -2.22. The minimum Gasteiger partial charge on any atom is -0.330 e. The first-order valence-electron chi connectivity index (χ1n) is 10.4. The van der Waals surface area contributed by atoms with E-state index in [0.717, 1.165) is 25.2 Å². The lowest BCUT2D eigenvalue weighted by Crippen LogP contribution is -3.13. The number of sulfonamides is 1. The van der Waals surface area contributed by atoms with Gasteiger partial charge in [-0.3, -0.25) is 4.79 Å². The second-order valence-corrected chi connectivity index (χ2v) is 10.3. The lowest BCUT2D eigenvalue weighted by atomic mass is 10.1. The lowest BCUT2D eigenvalue weighted by molar-refractivity contribution is -0.917. The minimum absolute atomic E-state index is 0.136. The van der Waals surface area contributed by atoms with E-state index in [1.807, 2.05) is 13.0 Å². The summed E-state index contributed by atoms with van der Waals surface area (Å²) in [6.45, 7) is 9.66. The van der Waals surface area contributed by atoms with Crippen LogP contribution in [0.25, 0.3) is 0 Å². The Morgan fingerprint density at radius 3 is 2.33 bits per heavy atom. The number of aryl methyl sites for hydroxylation is 3. The van der Waals surface area contributed by atoms with Crippen molar-refractivity contribution in [3.05, 3.63) is 64.7 Å². The van der Waals surface area contributed by atoms with Crippen LogP contribution < -0.4 is 4.90 Å². The van der Waals surface area contributed by atoms with Crippen molar-refractivity contribution in [2.24, 2.45) is 0 Å². The van der Waals surface area contributed by atoms with E-state index in [9.17, 15) is 13.2 Å². The van der Waals surface area contributed by atoms with Crippen LogP contribution in [0.4, 0.5) is 0 Å². The van der Waals surface area contributed by atoms with Crippen molar-refractivity contribution in [1.29, 1.82) is 0 Å². The van der Waals surface area contributed by atoms with Gasteiger partial charge in [-0.15, -0.1) is 0 Å². The molecule has 1 saturated heterocycles. The summed E-state index contributed by atoms with van der Waals surface area (Å²) in [5.41, 5.74) is 4.27. The Balaban J connectivity index is 1.56. The quantitative estimate of drug-likeness (QED) is 0.748. The van der Waals surface area contributed by atoms with E-state index in [2.05, 4.69) is 31.2 Å². The van der Waals surface area contributed by atoms with E-state index in [4.69, 9.17) is 0 Å². The molecular formula is C23H32N3O3S+. The van der Waals surface area contributed by atoms with Gasteiger partial charge in [-0.1, -0.05) is 47.5 Å². The molecule has 0 aliphatic carbocycles. The predicted octanol–water partition coefficient (Wildman–Crippen LogP) is 1.16. The van der Waals surface area contributed by atoms with Crippen LogP contribution in [0.2, 0.25) is 0 Å². The maximum Gasteiger partial charge on any atom is 0.243 e. The molecule has 0 spiro atoms. The number of carbonyl (C=O) groups is 1. The van der Waals surface area contributed by atoms with E-state index in [1.165, 1.54) is 27.4 Å². The summed E-state index contributed by atoms with van der Waals surface area (Å²) in [4.78, 5) is 16.2. The van der Waals surface area contributed by atoms with Crippen molar-refractivity contribution in [3.8, 4) is 0 Å². The van der Waals surface area contributed by atoms with Crippen LogP contribution in [0.5, 0.6) is 0 Å². The Morgan fingerprint density at radius 2 is 1.70 bits per heavy atom. The van der Waals surface area contributed by atoms with Crippen molar-refractivity contribution < 1.29 is 18.1 Å². The average Bonchev–Trinajstić information content (AvgIpc) is 2.68. The molecule has 0 radical (unpaired) electrons. The summed E-state index contributed by atoms with van der Waals surface area (Å²) in [5, 5.41) is 0. The van der Waals surface area contributed by atoms with Gasteiger partial charge in [0.15, 0.2) is 0 Å². The van der Waals surface area contributed by atoms with Crippen LogP contribution in [-0.4, -0.2) is 63.3 Å². The monoisotopic (exact) mass is 430 g/mol. The van der Waals surface area contributed by atoms with Crippen LogP contribution in [0.3, 0.4) is 0 Å². The molecule has 30 heavy (non-hydrogen) atoms. The van der Waals surface area contributed by atoms with E-state index in [-0.39, 0.29) is 17.3 Å². The molecule has 7 heteroatoms. The average molecular weight is 431 g/mol. The molecule has 1 amide bonds. The highest BCUT2D eigenvalue weighted by molar-refractivity contribution is 7.89. The molecule has 1 fully saturated rings. The van der Waals surface area contributed by atoms with Gasteiger partial charge in [0, 0.05) is 12.6 Å². The largest absolute Gasteiger partial charge is 0.330 e. The second-order valence-electron chi connectivity index (χ2n) is 8.33. The number of rotatable bonds is 6. The third-order valence-electron chi connectivity index (χ3n) is 5.74. The van der Waals surface area contributed by atoms with E-state index >= 15 is 0 Å². The smallest absolute Gasteiger partial charge is 0.243 e. The number of quaternary nitrogens is 1. The molecule has 1 N–H and O–H groups in total. The first kappa shape index (κ1) is 22.5. The molecule has 0 bridgehead atoms. The standard InChI is InChI=1S/C23H31N3O3S/c1-18-6-5-7-21(15-18)16-25-10-12-26(13-11-25)23(27)17-24(4)30(28,29)22-9-8-19(2)14-20(22)3/h5-9,14-15H,10-13,16-17H2,1-4H3/p+1. The fraction of sp³-hybridized carbons (Fsp3) is 0.435. The third kappa shape index (κ3) is 5.28. The molecule has 3 rings (SSSR count). The molecule has 2 aromatic carbocycles. The lowest BCUT2D eigenvalue weighted by Gasteiger charge is -2.33. The molecule has 6 nitrogen and oxygen atoms in total. The molecule has 0 unspecified atom stereocenters. The molecule has 1 heterocycles. The van der Waals surface area contributed by atoms with Crippen molar-refractivity contribution in [2.45, 2.75) is 32.2 Å². The fourth-order valence-electron chi connectivity index (χ4n) is 3.99. The Hall–Kier alpha value is -2.22. The van der Waals surface area contributed by atoms with Gasteiger partial charge in [-0.05, 0) is 32.4 Å². The molecular weight excluding hydrogens is 398 g/mol. The molecule has 162 valence electrons. The normalized spacial score (nSPS) is 15.6. The zero-order chi connectivity index (χ0) is 21.9. The fourth-order valence-corrected chi connectivity index (χ4v) is 5.31. The molecule has 1 aliphatic heterocycles. The van der Waals surface area contributed by atoms with Gasteiger partial charge in [-0.25, -0.2) is 8.42 Å². The molecule has 0 saturated carbocycles. The number of amides is 1. The Kier molecular flexibility index (Phi) is 6.95. The van der Waals surface area contributed by atoms with Crippen LogP contribution in [0.1, 0.15) is 22.3 Å². The highest BCUT2D eigenvalue weighted by atomic mass is 32.2. The highest BCUT2D eigenvalue weighted by Gasteiger charge is 2.29. The first-order chi connectivity index (χ1) is 14.2. The zero-order valence-electron chi connectivity index (χ0n) is 18.3. The molecule has 0 aromatic heterocycles. The van der Waals surface area contributed by atoms with Crippen LogP contribution >= 0.6 is 0 Å². The van der Waals surface area contributed by atoms with E-state index < -0.39 is 10.0 Å². The second kappa shape index (κ2) is 9.29. The highest BCUT2D eigenvalue weighted by Crippen LogP contribution is 2.20. The van der Waals surface area contributed by atoms with Gasteiger partial charge >= 0.3 is 0 Å².